The van der Waals surface area contributed by atoms with E-state index in [9.17, 15) is 0 Å². The predicted octanol–water partition coefficient (Wildman–Crippen LogP) is 6.88. The molecule has 0 saturated heterocycles. The first-order valence-electron chi connectivity index (χ1n) is 9.04. The molecule has 0 aromatic heterocycles. The topological polar surface area (TPSA) is 9.23 Å². The third-order valence-corrected chi connectivity index (χ3v) is 6.44. The number of para-hydroxylation sites is 2. The summed E-state index contributed by atoms with van der Waals surface area (Å²) in [5.41, 5.74) is 3.62. The van der Waals surface area contributed by atoms with Crippen LogP contribution >= 0.6 is 11.8 Å². The second-order valence-corrected chi connectivity index (χ2v) is 7.84. The number of benzene rings is 4. The van der Waals surface area contributed by atoms with Gasteiger partial charge in [0.25, 0.3) is 0 Å². The highest BCUT2D eigenvalue weighted by Crippen LogP contribution is 2.59. The molecule has 1 aliphatic rings. The number of ether oxygens (including phenoxy) is 1. The Morgan fingerprint density at radius 2 is 1.00 bits per heavy atom. The van der Waals surface area contributed by atoms with Crippen molar-refractivity contribution in [2.24, 2.45) is 0 Å². The minimum atomic E-state index is -0.367. The van der Waals surface area contributed by atoms with Crippen LogP contribution < -0.4 is 4.74 Å². The normalized spacial score (nSPS) is 13.9. The molecular weight excluding hydrogens is 348 g/mol. The Morgan fingerprint density at radius 1 is 0.519 bits per heavy atom. The Hall–Kier alpha value is -2.97. The molecule has 1 nitrogen and oxygen atoms in total. The van der Waals surface area contributed by atoms with Gasteiger partial charge in [0.15, 0.2) is 0 Å². The van der Waals surface area contributed by atoms with E-state index in [4.69, 9.17) is 4.74 Å². The molecule has 0 spiro atoms. The first-order chi connectivity index (χ1) is 13.4. The Morgan fingerprint density at radius 3 is 1.59 bits per heavy atom. The fraction of sp³-hybridized carbons (Fsp3) is 0.0400. The molecule has 1 heterocycles. The van der Waals surface area contributed by atoms with Crippen LogP contribution in [0.25, 0.3) is 0 Å². The van der Waals surface area contributed by atoms with Crippen molar-refractivity contribution in [1.29, 1.82) is 0 Å². The van der Waals surface area contributed by atoms with Crippen molar-refractivity contribution < 1.29 is 4.74 Å². The Labute approximate surface area is 163 Å². The smallest absolute Gasteiger partial charge is 0.132 e. The molecule has 1 aliphatic heterocycles. The van der Waals surface area contributed by atoms with Gasteiger partial charge in [0, 0.05) is 16.0 Å². The van der Waals surface area contributed by atoms with Crippen molar-refractivity contribution >= 4 is 11.8 Å². The molecule has 4 aromatic rings. The van der Waals surface area contributed by atoms with Gasteiger partial charge >= 0.3 is 0 Å². The van der Waals surface area contributed by atoms with Gasteiger partial charge in [-0.25, -0.2) is 0 Å². The molecule has 0 atom stereocenters. The van der Waals surface area contributed by atoms with Crippen molar-refractivity contribution in [2.75, 3.05) is 0 Å². The van der Waals surface area contributed by atoms with Crippen LogP contribution in [-0.4, -0.2) is 0 Å². The largest absolute Gasteiger partial charge is 0.457 e. The summed E-state index contributed by atoms with van der Waals surface area (Å²) in [5.74, 6) is 1.84. The first-order valence-corrected chi connectivity index (χ1v) is 9.86. The molecule has 0 amide bonds. The third kappa shape index (κ3) is 2.65. The van der Waals surface area contributed by atoms with Gasteiger partial charge in [-0.2, -0.15) is 0 Å². The average molecular weight is 366 g/mol. The van der Waals surface area contributed by atoms with E-state index in [1.165, 1.54) is 21.6 Å². The summed E-state index contributed by atoms with van der Waals surface area (Å²) in [6.45, 7) is 0. The van der Waals surface area contributed by atoms with Gasteiger partial charge in [-0.15, -0.1) is 11.8 Å². The summed E-state index contributed by atoms with van der Waals surface area (Å²) < 4.78 is 5.91. The maximum absolute atomic E-state index is 6.28. The van der Waals surface area contributed by atoms with Crippen LogP contribution in [0.2, 0.25) is 0 Å². The third-order valence-electron chi connectivity index (χ3n) is 4.95. The SMILES string of the molecule is c1ccc(SC2(c3ccccc3)c3ccccc3Oc3ccccc32)cc1. The van der Waals surface area contributed by atoms with E-state index in [1.807, 2.05) is 23.9 Å². The Bertz CT molecular complexity index is 1030. The number of hydrogen-bond donors (Lipinski definition) is 0. The zero-order valence-electron chi connectivity index (χ0n) is 14.7. The van der Waals surface area contributed by atoms with Crippen LogP contribution in [0, 0.1) is 0 Å². The maximum atomic E-state index is 6.28. The van der Waals surface area contributed by atoms with Crippen molar-refractivity contribution in [2.45, 2.75) is 9.64 Å². The monoisotopic (exact) mass is 366 g/mol. The molecule has 0 unspecified atom stereocenters. The molecule has 130 valence electrons. The van der Waals surface area contributed by atoms with E-state index in [1.54, 1.807) is 0 Å². The van der Waals surface area contributed by atoms with Crippen molar-refractivity contribution in [1.82, 2.24) is 0 Å². The average Bonchev–Trinajstić information content (AvgIpc) is 2.75. The fourth-order valence-electron chi connectivity index (χ4n) is 3.77. The minimum Gasteiger partial charge on any atom is -0.457 e. The van der Waals surface area contributed by atoms with Gasteiger partial charge in [-0.1, -0.05) is 84.9 Å². The fourth-order valence-corrected chi connectivity index (χ4v) is 5.23. The van der Waals surface area contributed by atoms with E-state index in [2.05, 4.69) is 97.1 Å². The lowest BCUT2D eigenvalue weighted by molar-refractivity contribution is 0.447. The molecule has 0 bridgehead atoms. The van der Waals surface area contributed by atoms with Crippen LogP contribution in [0.3, 0.4) is 0 Å². The molecule has 4 aromatic carbocycles. The van der Waals surface area contributed by atoms with Gasteiger partial charge < -0.3 is 4.74 Å². The van der Waals surface area contributed by atoms with Gasteiger partial charge in [0.1, 0.15) is 16.2 Å². The van der Waals surface area contributed by atoms with Crippen molar-refractivity contribution in [3.63, 3.8) is 0 Å². The summed E-state index contributed by atoms with van der Waals surface area (Å²) in [7, 11) is 0. The summed E-state index contributed by atoms with van der Waals surface area (Å²) in [6.07, 6.45) is 0. The van der Waals surface area contributed by atoms with E-state index < -0.39 is 0 Å². The highest BCUT2D eigenvalue weighted by molar-refractivity contribution is 8.00. The van der Waals surface area contributed by atoms with Crippen molar-refractivity contribution in [3.8, 4) is 11.5 Å². The van der Waals surface area contributed by atoms with E-state index >= 15 is 0 Å². The van der Waals surface area contributed by atoms with E-state index in [0.717, 1.165) is 11.5 Å². The minimum absolute atomic E-state index is 0.367. The van der Waals surface area contributed by atoms with Crippen LogP contribution in [0.4, 0.5) is 0 Å². The van der Waals surface area contributed by atoms with Gasteiger partial charge in [-0.05, 0) is 29.8 Å². The zero-order valence-corrected chi connectivity index (χ0v) is 15.5. The van der Waals surface area contributed by atoms with Gasteiger partial charge in [0.2, 0.25) is 0 Å². The highest BCUT2D eigenvalue weighted by Gasteiger charge is 2.44. The second kappa shape index (κ2) is 6.64. The molecule has 0 aliphatic carbocycles. The molecular formula is C25H18OS. The summed E-state index contributed by atoms with van der Waals surface area (Å²) >= 11 is 1.87. The molecule has 27 heavy (non-hydrogen) atoms. The molecule has 0 fully saturated rings. The number of fused-ring (bicyclic) bond motifs is 2. The van der Waals surface area contributed by atoms with E-state index in [0.29, 0.717) is 0 Å². The van der Waals surface area contributed by atoms with Gasteiger partial charge in [-0.3, -0.25) is 0 Å². The summed E-state index contributed by atoms with van der Waals surface area (Å²) in [6, 6.07) is 38.1. The molecule has 0 saturated carbocycles. The lowest BCUT2D eigenvalue weighted by atomic mass is 9.81. The standard InChI is InChI=1S/C25H18OS/c1-3-11-19(12-4-1)25(27-20-13-5-2-6-14-20)21-15-7-9-17-23(21)26-24-18-10-8-16-22(24)25/h1-18H. The van der Waals surface area contributed by atoms with Crippen LogP contribution in [0.15, 0.2) is 114 Å². The summed E-state index contributed by atoms with van der Waals surface area (Å²) in [5, 5.41) is 0. The lowest BCUT2D eigenvalue weighted by Gasteiger charge is -2.40. The van der Waals surface area contributed by atoms with Crippen LogP contribution in [-0.2, 0) is 4.75 Å². The highest BCUT2D eigenvalue weighted by atomic mass is 32.2. The van der Waals surface area contributed by atoms with E-state index in [-0.39, 0.29) is 4.75 Å². The predicted molar refractivity (Wildman–Crippen MR) is 112 cm³/mol. The number of hydrogen-bond acceptors (Lipinski definition) is 2. The zero-order chi connectivity index (χ0) is 18.1. The quantitative estimate of drug-likeness (QED) is 0.391. The maximum Gasteiger partial charge on any atom is 0.132 e. The van der Waals surface area contributed by atoms with Gasteiger partial charge in [0.05, 0.1) is 0 Å². The lowest BCUT2D eigenvalue weighted by Crippen LogP contribution is -2.29. The van der Waals surface area contributed by atoms with Crippen LogP contribution in [0.1, 0.15) is 16.7 Å². The van der Waals surface area contributed by atoms with Crippen LogP contribution in [0.5, 0.6) is 11.5 Å². The summed E-state index contributed by atoms with van der Waals surface area (Å²) in [4.78, 5) is 1.23. The Kier molecular flexibility index (Phi) is 3.99. The van der Waals surface area contributed by atoms with Crippen molar-refractivity contribution in [3.05, 3.63) is 126 Å². The molecule has 0 radical (unpaired) electrons. The second-order valence-electron chi connectivity index (χ2n) is 6.56. The number of rotatable bonds is 3. The molecule has 5 rings (SSSR count). The first kappa shape index (κ1) is 16.2. The Balaban J connectivity index is 1.85. The molecule has 0 N–H and O–H groups in total. The number of thioether (sulfide) groups is 1. The molecule has 2 heteroatoms.